The second-order valence-electron chi connectivity index (χ2n) is 2.57. The maximum atomic E-state index is 10.8. The molecule has 3 N–H and O–H groups in total. The lowest BCUT2D eigenvalue weighted by atomic mass is 10.6. The second-order valence-corrected chi connectivity index (χ2v) is 2.57. The summed E-state index contributed by atoms with van der Waals surface area (Å²) in [6.07, 6.45) is 1.44. The van der Waals surface area contributed by atoms with Gasteiger partial charge in [0, 0.05) is 12.7 Å². The van der Waals surface area contributed by atoms with Crippen LogP contribution < -0.4 is 16.3 Å². The van der Waals surface area contributed by atoms with Crippen LogP contribution in [-0.4, -0.2) is 29.0 Å². The quantitative estimate of drug-likeness (QED) is 0.524. The summed E-state index contributed by atoms with van der Waals surface area (Å²) in [6, 6.07) is 1.67. The van der Waals surface area contributed by atoms with E-state index in [4.69, 9.17) is 0 Å². The highest BCUT2D eigenvalue weighted by Gasteiger charge is 2.04. The molecule has 0 unspecified atom stereocenters. The first kappa shape index (κ1) is 7.78. The van der Waals surface area contributed by atoms with E-state index in [0.717, 1.165) is 13.1 Å². The van der Waals surface area contributed by atoms with Gasteiger partial charge in [-0.2, -0.15) is 0 Å². The fraction of sp³-hybridized carbons (Fsp3) is 0.286. The summed E-state index contributed by atoms with van der Waals surface area (Å²) < 4.78 is 0. The van der Waals surface area contributed by atoms with Gasteiger partial charge in [0.15, 0.2) is 5.96 Å². The number of rotatable bonds is 1. The minimum absolute atomic E-state index is 0.372. The van der Waals surface area contributed by atoms with Crippen molar-refractivity contribution in [2.24, 2.45) is 4.99 Å². The van der Waals surface area contributed by atoms with Crippen LogP contribution in [-0.2, 0) is 0 Å². The van der Waals surface area contributed by atoms with Crippen molar-refractivity contribution in [1.82, 2.24) is 15.3 Å². The van der Waals surface area contributed by atoms with Gasteiger partial charge < -0.3 is 10.6 Å². The standard InChI is InChI=1S/C7H9N5O/c13-7-10-2-1-5(12-7)11-6-8-3-4-9-6/h1-2H,3-4H2,(H3,8,9,10,11,12,13). The molecule has 68 valence electrons. The van der Waals surface area contributed by atoms with E-state index in [2.05, 4.69) is 25.6 Å². The minimum atomic E-state index is -0.372. The minimum Gasteiger partial charge on any atom is -0.354 e. The molecule has 1 aliphatic rings. The number of guanidine groups is 1. The van der Waals surface area contributed by atoms with Crippen molar-refractivity contribution in [3.8, 4) is 0 Å². The molecule has 0 aliphatic carbocycles. The van der Waals surface area contributed by atoms with Gasteiger partial charge in [-0.3, -0.25) is 9.98 Å². The molecule has 0 fully saturated rings. The summed E-state index contributed by atoms with van der Waals surface area (Å²) in [5, 5.41) is 5.95. The van der Waals surface area contributed by atoms with E-state index in [1.54, 1.807) is 6.07 Å². The lowest BCUT2D eigenvalue weighted by Gasteiger charge is -2.04. The molecule has 0 aromatic carbocycles. The third kappa shape index (κ3) is 1.84. The van der Waals surface area contributed by atoms with Crippen LogP contribution >= 0.6 is 0 Å². The van der Waals surface area contributed by atoms with Crippen molar-refractivity contribution in [1.29, 1.82) is 0 Å². The largest absolute Gasteiger partial charge is 0.354 e. The van der Waals surface area contributed by atoms with Crippen molar-refractivity contribution in [2.45, 2.75) is 0 Å². The maximum Gasteiger partial charge on any atom is 0.346 e. The average molecular weight is 179 g/mol. The van der Waals surface area contributed by atoms with Gasteiger partial charge >= 0.3 is 5.69 Å². The molecule has 13 heavy (non-hydrogen) atoms. The Labute approximate surface area is 74.1 Å². The zero-order valence-electron chi connectivity index (χ0n) is 6.87. The number of aromatic nitrogens is 2. The predicted octanol–water partition coefficient (Wildman–Crippen LogP) is -0.859. The Morgan fingerprint density at radius 1 is 1.54 bits per heavy atom. The number of hydrogen-bond acceptors (Lipinski definition) is 5. The number of hydrogen-bond donors (Lipinski definition) is 3. The molecular weight excluding hydrogens is 170 g/mol. The predicted molar refractivity (Wildman–Crippen MR) is 48.8 cm³/mol. The Kier molecular flexibility index (Phi) is 1.95. The topological polar surface area (TPSA) is 82.2 Å². The third-order valence-corrected chi connectivity index (χ3v) is 1.60. The SMILES string of the molecule is O=c1nccc(NC2=NCCN2)[nH]1. The van der Waals surface area contributed by atoms with E-state index in [1.807, 2.05) is 0 Å². The number of anilines is 1. The van der Waals surface area contributed by atoms with E-state index >= 15 is 0 Å². The fourth-order valence-corrected chi connectivity index (χ4v) is 1.05. The van der Waals surface area contributed by atoms with E-state index < -0.39 is 0 Å². The van der Waals surface area contributed by atoms with Crippen molar-refractivity contribution >= 4 is 11.8 Å². The number of H-pyrrole nitrogens is 1. The molecule has 1 aromatic rings. The summed E-state index contributed by atoms with van der Waals surface area (Å²) in [5.74, 6) is 1.27. The van der Waals surface area contributed by atoms with Crippen LogP contribution in [0.4, 0.5) is 5.82 Å². The Balaban J connectivity index is 2.13. The van der Waals surface area contributed by atoms with Gasteiger partial charge in [-0.25, -0.2) is 9.78 Å². The van der Waals surface area contributed by atoms with Gasteiger partial charge in [-0.05, 0) is 6.07 Å². The molecule has 0 amide bonds. The fourth-order valence-electron chi connectivity index (χ4n) is 1.05. The lowest BCUT2D eigenvalue weighted by Crippen LogP contribution is -2.27. The first-order chi connectivity index (χ1) is 6.34. The van der Waals surface area contributed by atoms with Gasteiger partial charge in [0.1, 0.15) is 5.82 Å². The number of aromatic amines is 1. The Bertz CT molecular complexity index is 382. The molecule has 1 aromatic heterocycles. The van der Waals surface area contributed by atoms with Crippen molar-refractivity contribution in [3.63, 3.8) is 0 Å². The maximum absolute atomic E-state index is 10.8. The molecule has 0 radical (unpaired) electrons. The van der Waals surface area contributed by atoms with Crippen molar-refractivity contribution in [3.05, 3.63) is 22.7 Å². The molecule has 2 heterocycles. The van der Waals surface area contributed by atoms with Crippen LogP contribution in [0.3, 0.4) is 0 Å². The van der Waals surface area contributed by atoms with Gasteiger partial charge in [0.2, 0.25) is 0 Å². The van der Waals surface area contributed by atoms with Crippen LogP contribution in [0.15, 0.2) is 22.1 Å². The van der Waals surface area contributed by atoms with Crippen LogP contribution in [0.5, 0.6) is 0 Å². The monoisotopic (exact) mass is 179 g/mol. The van der Waals surface area contributed by atoms with Gasteiger partial charge in [0.05, 0.1) is 6.54 Å². The number of nitrogens with zero attached hydrogens (tertiary/aromatic N) is 2. The molecule has 6 nitrogen and oxygen atoms in total. The summed E-state index contributed by atoms with van der Waals surface area (Å²) in [7, 11) is 0. The van der Waals surface area contributed by atoms with Gasteiger partial charge in [-0.1, -0.05) is 0 Å². The van der Waals surface area contributed by atoms with Crippen molar-refractivity contribution in [2.75, 3.05) is 18.4 Å². The molecule has 6 heteroatoms. The zero-order chi connectivity index (χ0) is 9.10. The second kappa shape index (κ2) is 3.26. The Morgan fingerprint density at radius 2 is 2.46 bits per heavy atom. The highest BCUT2D eigenvalue weighted by atomic mass is 16.1. The summed E-state index contributed by atoms with van der Waals surface area (Å²) in [6.45, 7) is 1.59. The summed E-state index contributed by atoms with van der Waals surface area (Å²) in [5.41, 5.74) is -0.372. The van der Waals surface area contributed by atoms with E-state index in [-0.39, 0.29) is 5.69 Å². The third-order valence-electron chi connectivity index (χ3n) is 1.60. The van der Waals surface area contributed by atoms with E-state index in [1.165, 1.54) is 6.20 Å². The first-order valence-electron chi connectivity index (χ1n) is 3.95. The Hall–Kier alpha value is -1.85. The molecule has 0 saturated heterocycles. The number of aliphatic imine (C=N–C) groups is 1. The van der Waals surface area contributed by atoms with E-state index in [0.29, 0.717) is 11.8 Å². The van der Waals surface area contributed by atoms with Crippen LogP contribution in [0.25, 0.3) is 0 Å². The van der Waals surface area contributed by atoms with Gasteiger partial charge in [-0.15, -0.1) is 0 Å². The average Bonchev–Trinajstić information content (AvgIpc) is 2.57. The van der Waals surface area contributed by atoms with E-state index in [9.17, 15) is 4.79 Å². The van der Waals surface area contributed by atoms with Crippen molar-refractivity contribution < 1.29 is 0 Å². The molecule has 0 atom stereocenters. The lowest BCUT2D eigenvalue weighted by molar-refractivity contribution is 0.958. The normalized spacial score (nSPS) is 14.9. The molecule has 0 spiro atoms. The summed E-state index contributed by atoms with van der Waals surface area (Å²) in [4.78, 5) is 20.9. The summed E-state index contributed by atoms with van der Waals surface area (Å²) >= 11 is 0. The molecular formula is C7H9N5O. The zero-order valence-corrected chi connectivity index (χ0v) is 6.87. The van der Waals surface area contributed by atoms with Crippen LogP contribution in [0.1, 0.15) is 0 Å². The highest BCUT2D eigenvalue weighted by molar-refractivity contribution is 5.93. The Morgan fingerprint density at radius 3 is 3.15 bits per heavy atom. The molecule has 0 saturated carbocycles. The molecule has 1 aliphatic heterocycles. The molecule has 2 rings (SSSR count). The highest BCUT2D eigenvalue weighted by Crippen LogP contribution is 1.96. The number of nitrogens with one attached hydrogen (secondary N) is 3. The van der Waals surface area contributed by atoms with Crippen LogP contribution in [0, 0.1) is 0 Å². The smallest absolute Gasteiger partial charge is 0.346 e. The van der Waals surface area contributed by atoms with Crippen LogP contribution in [0.2, 0.25) is 0 Å². The first-order valence-corrected chi connectivity index (χ1v) is 3.95. The molecule has 0 bridgehead atoms. The van der Waals surface area contributed by atoms with Gasteiger partial charge in [0.25, 0.3) is 0 Å².